The van der Waals surface area contributed by atoms with E-state index in [-0.39, 0.29) is 11.8 Å². The molecule has 0 aliphatic carbocycles. The third kappa shape index (κ3) is 4.52. The molecule has 0 unspecified atom stereocenters. The molecule has 0 aromatic heterocycles. The highest BCUT2D eigenvalue weighted by atomic mass is 16.5. The normalized spacial score (nSPS) is 16.2. The molecule has 0 atom stereocenters. The van der Waals surface area contributed by atoms with Crippen LogP contribution < -0.4 is 10.7 Å². The monoisotopic (exact) mass is 241 g/mol. The van der Waals surface area contributed by atoms with Crippen LogP contribution in [0.5, 0.6) is 0 Å². The van der Waals surface area contributed by atoms with E-state index in [4.69, 9.17) is 4.74 Å². The second-order valence-electron chi connectivity index (χ2n) is 4.47. The molecular weight excluding hydrogens is 222 g/mol. The van der Waals surface area contributed by atoms with Crippen molar-refractivity contribution in [3.63, 3.8) is 0 Å². The van der Waals surface area contributed by atoms with Crippen molar-refractivity contribution in [2.75, 3.05) is 13.2 Å². The van der Waals surface area contributed by atoms with Crippen molar-refractivity contribution in [3.05, 3.63) is 0 Å². The van der Waals surface area contributed by atoms with E-state index in [1.54, 1.807) is 0 Å². The van der Waals surface area contributed by atoms with E-state index < -0.39 is 5.60 Å². The third-order valence-corrected chi connectivity index (χ3v) is 2.38. The van der Waals surface area contributed by atoms with Gasteiger partial charge in [-0.2, -0.15) is 5.10 Å². The molecule has 0 saturated carbocycles. The third-order valence-electron chi connectivity index (χ3n) is 2.38. The Morgan fingerprint density at radius 2 is 2.24 bits per heavy atom. The van der Waals surface area contributed by atoms with Crippen LogP contribution >= 0.6 is 0 Å². The fourth-order valence-corrected chi connectivity index (χ4v) is 1.47. The van der Waals surface area contributed by atoms with Crippen molar-refractivity contribution in [1.29, 1.82) is 0 Å². The van der Waals surface area contributed by atoms with E-state index in [2.05, 4.69) is 15.8 Å². The minimum absolute atomic E-state index is 0.156. The topological polar surface area (TPSA) is 79.8 Å². The molecule has 0 saturated heterocycles. The molecule has 17 heavy (non-hydrogen) atoms. The Morgan fingerprint density at radius 3 is 2.76 bits per heavy atom. The molecule has 0 aromatic rings. The van der Waals surface area contributed by atoms with Crippen LogP contribution in [0.1, 0.15) is 33.6 Å². The molecule has 6 nitrogen and oxygen atoms in total. The van der Waals surface area contributed by atoms with Crippen LogP contribution in [0, 0.1) is 0 Å². The van der Waals surface area contributed by atoms with Gasteiger partial charge in [0, 0.05) is 26.0 Å². The molecule has 0 bridgehead atoms. The summed E-state index contributed by atoms with van der Waals surface area (Å²) in [4.78, 5) is 22.6. The van der Waals surface area contributed by atoms with E-state index in [0.717, 1.165) is 0 Å². The van der Waals surface area contributed by atoms with Gasteiger partial charge in [0.15, 0.2) is 0 Å². The van der Waals surface area contributed by atoms with Gasteiger partial charge in [-0.05, 0) is 20.8 Å². The van der Waals surface area contributed by atoms with E-state index >= 15 is 0 Å². The number of hydrogen-bond acceptors (Lipinski definition) is 4. The van der Waals surface area contributed by atoms with Gasteiger partial charge in [0.25, 0.3) is 5.91 Å². The quantitative estimate of drug-likeness (QED) is 0.720. The molecule has 1 aliphatic rings. The van der Waals surface area contributed by atoms with Crippen LogP contribution in [0.3, 0.4) is 0 Å². The molecular formula is C11H19N3O3. The first-order valence-corrected chi connectivity index (χ1v) is 5.72. The SMILES string of the molecule is CCOC(C)(C)CNC(=O)C1=NNC(=O)CC1. The summed E-state index contributed by atoms with van der Waals surface area (Å²) in [5.74, 6) is -0.408. The Hall–Kier alpha value is -1.43. The molecule has 0 fully saturated rings. The first-order valence-electron chi connectivity index (χ1n) is 5.72. The van der Waals surface area contributed by atoms with Crippen LogP contribution in [0.2, 0.25) is 0 Å². The summed E-state index contributed by atoms with van der Waals surface area (Å²) in [5.41, 5.74) is 2.25. The maximum Gasteiger partial charge on any atom is 0.267 e. The second-order valence-corrected chi connectivity index (χ2v) is 4.47. The smallest absolute Gasteiger partial charge is 0.267 e. The lowest BCUT2D eigenvalue weighted by molar-refractivity contribution is -0.121. The molecule has 0 spiro atoms. The maximum atomic E-state index is 11.7. The van der Waals surface area contributed by atoms with Gasteiger partial charge in [0.2, 0.25) is 5.91 Å². The summed E-state index contributed by atoms with van der Waals surface area (Å²) in [6, 6.07) is 0. The fourth-order valence-electron chi connectivity index (χ4n) is 1.47. The Bertz CT molecular complexity index is 337. The molecule has 1 aliphatic heterocycles. The largest absolute Gasteiger partial charge is 0.374 e. The lowest BCUT2D eigenvalue weighted by Gasteiger charge is -2.25. The first-order chi connectivity index (χ1) is 7.94. The van der Waals surface area contributed by atoms with Crippen molar-refractivity contribution < 1.29 is 14.3 Å². The van der Waals surface area contributed by atoms with Gasteiger partial charge in [-0.25, -0.2) is 5.43 Å². The van der Waals surface area contributed by atoms with Crippen LogP contribution in [-0.2, 0) is 14.3 Å². The maximum absolute atomic E-state index is 11.7. The van der Waals surface area contributed by atoms with Crippen molar-refractivity contribution in [3.8, 4) is 0 Å². The average Bonchev–Trinajstić information content (AvgIpc) is 2.27. The number of hydrazone groups is 1. The predicted octanol–water partition coefficient (Wildman–Crippen LogP) is 0.184. The van der Waals surface area contributed by atoms with Crippen molar-refractivity contribution >= 4 is 17.5 Å². The average molecular weight is 241 g/mol. The van der Waals surface area contributed by atoms with E-state index in [1.807, 2.05) is 20.8 Å². The van der Waals surface area contributed by atoms with Gasteiger partial charge in [-0.15, -0.1) is 0 Å². The minimum atomic E-state index is -0.400. The number of hydrogen-bond donors (Lipinski definition) is 2. The van der Waals surface area contributed by atoms with E-state index in [1.165, 1.54) is 0 Å². The van der Waals surface area contributed by atoms with Gasteiger partial charge in [-0.3, -0.25) is 9.59 Å². The highest BCUT2D eigenvalue weighted by Gasteiger charge is 2.22. The Kier molecular flexibility index (Phi) is 4.62. The summed E-state index contributed by atoms with van der Waals surface area (Å²) in [6.07, 6.45) is 0.688. The zero-order valence-electron chi connectivity index (χ0n) is 10.5. The molecule has 96 valence electrons. The first kappa shape index (κ1) is 13.6. The highest BCUT2D eigenvalue weighted by Crippen LogP contribution is 2.07. The molecule has 6 heteroatoms. The van der Waals surface area contributed by atoms with Gasteiger partial charge >= 0.3 is 0 Å². The number of rotatable bonds is 5. The Morgan fingerprint density at radius 1 is 1.53 bits per heavy atom. The van der Waals surface area contributed by atoms with E-state index in [9.17, 15) is 9.59 Å². The summed E-state index contributed by atoms with van der Waals surface area (Å²) in [7, 11) is 0. The molecule has 1 heterocycles. The molecule has 0 radical (unpaired) electrons. The van der Waals surface area contributed by atoms with Gasteiger partial charge in [0.1, 0.15) is 5.71 Å². The number of ether oxygens (including phenoxy) is 1. The zero-order chi connectivity index (χ0) is 12.9. The number of carbonyl (C=O) groups is 2. The number of amides is 2. The lowest BCUT2D eigenvalue weighted by Crippen LogP contribution is -2.44. The van der Waals surface area contributed by atoms with Crippen LogP contribution in [0.25, 0.3) is 0 Å². The van der Waals surface area contributed by atoms with Gasteiger partial charge in [-0.1, -0.05) is 0 Å². The van der Waals surface area contributed by atoms with Gasteiger partial charge < -0.3 is 10.1 Å². The number of nitrogens with zero attached hydrogens (tertiary/aromatic N) is 1. The second kappa shape index (κ2) is 5.77. The highest BCUT2D eigenvalue weighted by molar-refractivity contribution is 6.39. The minimum Gasteiger partial charge on any atom is -0.374 e. The Labute approximate surface area is 101 Å². The van der Waals surface area contributed by atoms with Gasteiger partial charge in [0.05, 0.1) is 5.60 Å². The molecule has 1 rings (SSSR count). The number of nitrogens with one attached hydrogen (secondary N) is 2. The van der Waals surface area contributed by atoms with Crippen molar-refractivity contribution in [2.24, 2.45) is 5.10 Å². The van der Waals surface area contributed by atoms with Crippen LogP contribution in [0.15, 0.2) is 5.10 Å². The standard InChI is InChI=1S/C11H19N3O3/c1-4-17-11(2,3)7-12-10(16)8-5-6-9(15)14-13-8/h4-7H2,1-3H3,(H,12,16)(H,14,15). The molecule has 2 amide bonds. The Balaban J connectivity index is 2.42. The van der Waals surface area contributed by atoms with Crippen molar-refractivity contribution in [2.45, 2.75) is 39.2 Å². The summed E-state index contributed by atoms with van der Waals surface area (Å²) >= 11 is 0. The fraction of sp³-hybridized carbons (Fsp3) is 0.727. The van der Waals surface area contributed by atoms with Crippen molar-refractivity contribution in [1.82, 2.24) is 10.7 Å². The van der Waals surface area contributed by atoms with Crippen LogP contribution in [0.4, 0.5) is 0 Å². The molecule has 0 aromatic carbocycles. The number of carbonyl (C=O) groups excluding carboxylic acids is 2. The predicted molar refractivity (Wildman–Crippen MR) is 63.5 cm³/mol. The van der Waals surface area contributed by atoms with E-state index in [0.29, 0.717) is 31.7 Å². The lowest BCUT2D eigenvalue weighted by atomic mass is 10.1. The summed E-state index contributed by atoms with van der Waals surface area (Å²) in [6.45, 7) is 6.72. The molecule has 2 N–H and O–H groups in total. The van der Waals surface area contributed by atoms with Crippen LogP contribution in [-0.4, -0.2) is 36.3 Å². The summed E-state index contributed by atoms with van der Waals surface area (Å²) < 4.78 is 5.46. The summed E-state index contributed by atoms with van der Waals surface area (Å²) in [5, 5.41) is 6.47. The zero-order valence-corrected chi connectivity index (χ0v) is 10.5.